The number of nitrogens with zero attached hydrogens (tertiary/aromatic N) is 1. The molecule has 2 aromatic heterocycles. The molecule has 7 amide bonds. The molecule has 0 radical (unpaired) electrons. The molecule has 4 aromatic rings. The number of fused-ring (bicyclic) bond motifs is 2. The first kappa shape index (κ1) is 55.4. The first-order chi connectivity index (χ1) is 33.3. The fourth-order valence-electron chi connectivity index (χ4n) is 7.53. The Morgan fingerprint density at radius 1 is 0.643 bits per heavy atom. The van der Waals surface area contributed by atoms with Gasteiger partial charge in [0, 0.05) is 53.6 Å². The van der Waals surface area contributed by atoms with Gasteiger partial charge in [-0.25, -0.2) is 0 Å². The molecule has 7 unspecified atom stereocenters. The predicted molar refractivity (Wildman–Crippen MR) is 264 cm³/mol. The highest BCUT2D eigenvalue weighted by Gasteiger charge is 2.34. The van der Waals surface area contributed by atoms with E-state index in [0.29, 0.717) is 5.75 Å². The number of carbonyl (C=O) groups excluding carboxylic acids is 7. The van der Waals surface area contributed by atoms with E-state index in [0.717, 1.165) is 32.9 Å². The second-order valence-electron chi connectivity index (χ2n) is 17.0. The molecule has 0 saturated carbocycles. The third-order valence-corrected chi connectivity index (χ3v) is 12.0. The largest absolute Gasteiger partial charge is 0.481 e. The number of thioether (sulfide) groups is 1. The van der Waals surface area contributed by atoms with E-state index in [-0.39, 0.29) is 44.6 Å². The number of aliphatic imine (C=N–C) groups is 1. The van der Waals surface area contributed by atoms with Gasteiger partial charge < -0.3 is 75.0 Å². The Morgan fingerprint density at radius 2 is 1.13 bits per heavy atom. The summed E-state index contributed by atoms with van der Waals surface area (Å²) in [6.45, 7) is 2.41. The number of primary amides is 1. The molecule has 0 bridgehead atoms. The van der Waals surface area contributed by atoms with E-state index in [1.54, 1.807) is 32.5 Å². The van der Waals surface area contributed by atoms with Crippen molar-refractivity contribution in [2.45, 2.75) is 101 Å². The number of aliphatic carboxylic acids is 1. The van der Waals surface area contributed by atoms with Crippen molar-refractivity contribution in [1.29, 1.82) is 0 Å². The molecule has 2 aromatic carbocycles. The number of carboxylic acids is 1. The van der Waals surface area contributed by atoms with Crippen LogP contribution in [0.25, 0.3) is 21.8 Å². The van der Waals surface area contributed by atoms with Gasteiger partial charge in [0.2, 0.25) is 41.4 Å². The molecule has 0 fully saturated rings. The molecule has 70 heavy (non-hydrogen) atoms. The van der Waals surface area contributed by atoms with Crippen molar-refractivity contribution in [3.8, 4) is 0 Å². The summed E-state index contributed by atoms with van der Waals surface area (Å²) in [5.74, 6) is -7.72. The maximum Gasteiger partial charge on any atom is 0.303 e. The van der Waals surface area contributed by atoms with Crippen LogP contribution in [0.5, 0.6) is 0 Å². The number of carbonyl (C=O) groups is 8. The van der Waals surface area contributed by atoms with E-state index in [4.69, 9.17) is 22.9 Å². The summed E-state index contributed by atoms with van der Waals surface area (Å²) in [6, 6.07) is 5.39. The van der Waals surface area contributed by atoms with Crippen LogP contribution in [0.4, 0.5) is 0 Å². The Labute approximate surface area is 408 Å². The van der Waals surface area contributed by atoms with Gasteiger partial charge >= 0.3 is 5.97 Å². The number of nitrogens with two attached hydrogens (primary N) is 4. The summed E-state index contributed by atoms with van der Waals surface area (Å²) in [6.07, 6.45) is 4.46. The lowest BCUT2D eigenvalue weighted by Crippen LogP contribution is -2.61. The van der Waals surface area contributed by atoms with Crippen LogP contribution in [-0.4, -0.2) is 141 Å². The van der Waals surface area contributed by atoms with E-state index in [9.17, 15) is 48.6 Å². The summed E-state index contributed by atoms with van der Waals surface area (Å²) in [5.41, 5.74) is 26.0. The topological polar surface area (TPSA) is 397 Å². The quantitative estimate of drug-likeness (QED) is 0.0167. The number of para-hydroxylation sites is 2. The highest BCUT2D eigenvalue weighted by molar-refractivity contribution is 7.98. The Bertz CT molecular complexity index is 2490. The molecular formula is C46H65N13O10S. The van der Waals surface area contributed by atoms with Crippen molar-refractivity contribution in [2.75, 3.05) is 25.2 Å². The van der Waals surface area contributed by atoms with Gasteiger partial charge in [-0.15, -0.1) is 0 Å². The zero-order chi connectivity index (χ0) is 51.5. The number of hydrogen-bond acceptors (Lipinski definition) is 12. The molecule has 2 heterocycles. The molecule has 0 aliphatic heterocycles. The Morgan fingerprint density at radius 3 is 1.64 bits per heavy atom. The first-order valence-electron chi connectivity index (χ1n) is 22.7. The Kier molecular flexibility index (Phi) is 21.5. The lowest BCUT2D eigenvalue weighted by Gasteiger charge is -2.28. The van der Waals surface area contributed by atoms with Crippen molar-refractivity contribution in [1.82, 2.24) is 41.9 Å². The summed E-state index contributed by atoms with van der Waals surface area (Å²) in [4.78, 5) is 117. The van der Waals surface area contributed by atoms with Crippen LogP contribution in [0.15, 0.2) is 65.9 Å². The van der Waals surface area contributed by atoms with Crippen LogP contribution < -0.4 is 54.8 Å². The van der Waals surface area contributed by atoms with Gasteiger partial charge in [-0.3, -0.25) is 43.3 Å². The number of guanidine groups is 1. The van der Waals surface area contributed by atoms with Gasteiger partial charge in [-0.1, -0.05) is 50.2 Å². The minimum atomic E-state index is -1.64. The van der Waals surface area contributed by atoms with Gasteiger partial charge in [0.1, 0.15) is 36.3 Å². The zero-order valence-corrected chi connectivity index (χ0v) is 40.1. The van der Waals surface area contributed by atoms with Crippen molar-refractivity contribution < 1.29 is 48.6 Å². The van der Waals surface area contributed by atoms with Gasteiger partial charge in [0.25, 0.3) is 0 Å². The third kappa shape index (κ3) is 16.5. The number of carboxylic acid groups (broad SMARTS) is 1. The maximum absolute atomic E-state index is 14.0. The number of aromatic nitrogens is 2. The lowest BCUT2D eigenvalue weighted by molar-refractivity contribution is -0.138. The van der Waals surface area contributed by atoms with Crippen molar-refractivity contribution in [3.05, 3.63) is 72.1 Å². The Hall–Kier alpha value is -7.18. The lowest BCUT2D eigenvalue weighted by atomic mass is 10.0. The summed E-state index contributed by atoms with van der Waals surface area (Å²) < 4.78 is 0. The first-order valence-corrected chi connectivity index (χ1v) is 24.1. The van der Waals surface area contributed by atoms with Crippen molar-refractivity contribution >= 4 is 86.8 Å². The van der Waals surface area contributed by atoms with Crippen LogP contribution in [0.2, 0.25) is 0 Å². The minimum absolute atomic E-state index is 0.0160. The number of nitrogens with one attached hydrogen (secondary N) is 8. The molecule has 380 valence electrons. The fraction of sp³-hybridized carbons (Fsp3) is 0.457. The fourth-order valence-corrected chi connectivity index (χ4v) is 8.00. The highest BCUT2D eigenvalue weighted by atomic mass is 32.2. The van der Waals surface area contributed by atoms with Crippen LogP contribution in [0, 0.1) is 5.92 Å². The number of rotatable bonds is 29. The van der Waals surface area contributed by atoms with Crippen LogP contribution in [-0.2, 0) is 51.2 Å². The van der Waals surface area contributed by atoms with E-state index in [2.05, 4.69) is 46.9 Å². The minimum Gasteiger partial charge on any atom is -0.481 e. The Balaban J connectivity index is 1.46. The average Bonchev–Trinajstić information content (AvgIpc) is 3.93. The summed E-state index contributed by atoms with van der Waals surface area (Å²) >= 11 is 1.32. The van der Waals surface area contributed by atoms with Crippen LogP contribution >= 0.6 is 11.8 Å². The summed E-state index contributed by atoms with van der Waals surface area (Å²) in [7, 11) is 0. The molecule has 0 aliphatic carbocycles. The number of H-pyrrole nitrogens is 2. The summed E-state index contributed by atoms with van der Waals surface area (Å²) in [5, 5.41) is 36.8. The number of hydrogen-bond donors (Lipinski definition) is 14. The van der Waals surface area contributed by atoms with E-state index < -0.39 is 115 Å². The van der Waals surface area contributed by atoms with Crippen LogP contribution in [0.3, 0.4) is 0 Å². The number of aliphatic hydroxyl groups excluding tert-OH is 1. The number of aromatic amines is 2. The molecule has 0 aliphatic rings. The molecule has 24 heteroatoms. The number of amides is 7. The van der Waals surface area contributed by atoms with E-state index >= 15 is 0 Å². The standard InChI is InChI=1S/C46H65N13O10S/c1-24(2)38(45(69)57-35(39(48)63)20-26-22-53-31-12-7-5-10-28(26)31)59-44(68)36(23-60)58-43(67)34(16-18-70-3)56-42(66)33(14-15-37(61)62)55-41(65)32(13-8-17-51-46(49)50)54-40(64)29(47)19-25-21-52-30-11-6-4-9-27(25)30/h4-7,9-12,21-22,24,29,32-36,38,52-53,60H,8,13-20,23,47H2,1-3H3,(H2,48,63)(H,54,64)(H,55,65)(H,56,66)(H,57,69)(H,58,67)(H,59,68)(H,61,62)(H4,49,50,51). The molecule has 7 atom stereocenters. The zero-order valence-electron chi connectivity index (χ0n) is 39.3. The van der Waals surface area contributed by atoms with Gasteiger partial charge in [0.15, 0.2) is 5.96 Å². The second-order valence-corrected chi connectivity index (χ2v) is 18.0. The molecule has 0 spiro atoms. The maximum atomic E-state index is 14.0. The molecule has 4 rings (SSSR count). The van der Waals surface area contributed by atoms with Gasteiger partial charge in [-0.2, -0.15) is 11.8 Å². The van der Waals surface area contributed by atoms with Gasteiger partial charge in [0.05, 0.1) is 12.6 Å². The monoisotopic (exact) mass is 991 g/mol. The number of benzene rings is 2. The van der Waals surface area contributed by atoms with E-state index in [1.807, 2.05) is 48.5 Å². The third-order valence-electron chi connectivity index (χ3n) is 11.4. The molecular weight excluding hydrogens is 927 g/mol. The van der Waals surface area contributed by atoms with Crippen molar-refractivity contribution in [3.63, 3.8) is 0 Å². The number of aliphatic hydroxyl groups is 1. The van der Waals surface area contributed by atoms with Crippen LogP contribution in [0.1, 0.15) is 57.1 Å². The molecule has 23 nitrogen and oxygen atoms in total. The van der Waals surface area contributed by atoms with Gasteiger partial charge in [-0.05, 0) is 73.3 Å². The molecule has 18 N–H and O–H groups in total. The van der Waals surface area contributed by atoms with Crippen molar-refractivity contribution in [2.24, 2.45) is 33.8 Å². The SMILES string of the molecule is CSCCC(NC(=O)C(CCC(=O)O)NC(=O)C(CCCN=C(N)N)NC(=O)C(N)Cc1c[nH]c2ccccc12)C(=O)NC(CO)C(=O)NC(C(=O)NC(Cc1c[nH]c2ccccc12)C(N)=O)C(C)C. The average molecular weight is 992 g/mol. The second kappa shape index (κ2) is 27.1. The van der Waals surface area contributed by atoms with E-state index in [1.165, 1.54) is 11.8 Å². The molecule has 0 saturated heterocycles. The predicted octanol–water partition coefficient (Wildman–Crippen LogP) is -1.52. The smallest absolute Gasteiger partial charge is 0.303 e. The normalized spacial score (nSPS) is 14.3. The highest BCUT2D eigenvalue weighted by Crippen LogP contribution is 2.21.